The Morgan fingerprint density at radius 1 is 1.17 bits per heavy atom. The Morgan fingerprint density at radius 2 is 1.92 bits per heavy atom. The van der Waals surface area contributed by atoms with Crippen molar-refractivity contribution in [3.63, 3.8) is 0 Å². The van der Waals surface area contributed by atoms with Crippen LogP contribution in [0, 0.1) is 13.8 Å². The van der Waals surface area contributed by atoms with Crippen LogP contribution in [0.5, 0.6) is 0 Å². The molecule has 2 aromatic rings. The number of hydrogen-bond acceptors (Lipinski definition) is 0. The number of aromatic nitrogens is 1. The third-order valence-electron chi connectivity index (χ3n) is 1.97. The standard InChI is InChI=1S/C10H10BrN/c1-6-3-9(11)8-5-7(2)12-10(8)4-6/h3-5,12H,1-2H3. The predicted molar refractivity (Wildman–Crippen MR) is 55.5 cm³/mol. The number of aromatic amines is 1. The minimum atomic E-state index is 1.17. The fourth-order valence-electron chi connectivity index (χ4n) is 1.47. The molecule has 12 heavy (non-hydrogen) atoms. The average Bonchev–Trinajstić information content (AvgIpc) is 2.29. The summed E-state index contributed by atoms with van der Waals surface area (Å²) in [5, 5.41) is 1.26. The highest BCUT2D eigenvalue weighted by Gasteiger charge is 2.01. The fraction of sp³-hybridized carbons (Fsp3) is 0.200. The third-order valence-corrected chi connectivity index (χ3v) is 2.62. The first kappa shape index (κ1) is 7.87. The van der Waals surface area contributed by atoms with Gasteiger partial charge in [0, 0.05) is 21.1 Å². The highest BCUT2D eigenvalue weighted by Crippen LogP contribution is 2.25. The van der Waals surface area contributed by atoms with Gasteiger partial charge in [0.25, 0.3) is 0 Å². The largest absolute Gasteiger partial charge is 0.359 e. The summed E-state index contributed by atoms with van der Waals surface area (Å²) in [6.07, 6.45) is 0. The van der Waals surface area contributed by atoms with E-state index in [4.69, 9.17) is 0 Å². The Labute approximate surface area is 79.9 Å². The highest BCUT2D eigenvalue weighted by atomic mass is 79.9. The zero-order valence-electron chi connectivity index (χ0n) is 7.11. The van der Waals surface area contributed by atoms with Crippen LogP contribution in [-0.2, 0) is 0 Å². The number of nitrogens with one attached hydrogen (secondary N) is 1. The van der Waals surface area contributed by atoms with Crippen LogP contribution in [-0.4, -0.2) is 4.98 Å². The summed E-state index contributed by atoms with van der Waals surface area (Å²) in [7, 11) is 0. The molecule has 62 valence electrons. The molecule has 0 bridgehead atoms. The number of hydrogen-bond donors (Lipinski definition) is 1. The first-order valence-corrected chi connectivity index (χ1v) is 4.71. The molecule has 0 spiro atoms. The number of benzene rings is 1. The molecular formula is C10H10BrN. The molecule has 2 rings (SSSR count). The molecule has 1 N–H and O–H groups in total. The van der Waals surface area contributed by atoms with Gasteiger partial charge in [-0.2, -0.15) is 0 Å². The summed E-state index contributed by atoms with van der Waals surface area (Å²) in [4.78, 5) is 3.31. The lowest BCUT2D eigenvalue weighted by molar-refractivity contribution is 1.30. The highest BCUT2D eigenvalue weighted by molar-refractivity contribution is 9.10. The molecule has 1 heterocycles. The monoisotopic (exact) mass is 223 g/mol. The quantitative estimate of drug-likeness (QED) is 0.704. The number of halogens is 1. The predicted octanol–water partition coefficient (Wildman–Crippen LogP) is 3.55. The van der Waals surface area contributed by atoms with E-state index in [1.54, 1.807) is 0 Å². The lowest BCUT2D eigenvalue weighted by Gasteiger charge is -1.96. The second kappa shape index (κ2) is 2.63. The van der Waals surface area contributed by atoms with Crippen LogP contribution in [0.1, 0.15) is 11.3 Å². The lowest BCUT2D eigenvalue weighted by Crippen LogP contribution is -1.74. The molecule has 0 saturated carbocycles. The summed E-state index contributed by atoms with van der Waals surface area (Å²) in [5.74, 6) is 0. The summed E-state index contributed by atoms with van der Waals surface area (Å²) in [5.41, 5.74) is 3.69. The van der Waals surface area contributed by atoms with Crippen molar-refractivity contribution in [2.75, 3.05) is 0 Å². The Hall–Kier alpha value is -0.760. The van der Waals surface area contributed by atoms with Crippen LogP contribution >= 0.6 is 15.9 Å². The molecule has 0 radical (unpaired) electrons. The molecule has 0 amide bonds. The van der Waals surface area contributed by atoms with Crippen LogP contribution in [0.3, 0.4) is 0 Å². The second-order valence-corrected chi connectivity index (χ2v) is 4.01. The van der Waals surface area contributed by atoms with E-state index in [0.29, 0.717) is 0 Å². The third kappa shape index (κ3) is 1.16. The SMILES string of the molecule is Cc1cc(Br)c2cc(C)[nH]c2c1. The van der Waals surface area contributed by atoms with Gasteiger partial charge < -0.3 is 4.98 Å². The molecule has 0 fully saturated rings. The maximum absolute atomic E-state index is 3.54. The van der Waals surface area contributed by atoms with Gasteiger partial charge in [-0.15, -0.1) is 0 Å². The zero-order chi connectivity index (χ0) is 8.72. The Bertz CT molecular complexity index is 429. The van der Waals surface area contributed by atoms with Crippen LogP contribution in [0.4, 0.5) is 0 Å². The normalized spacial score (nSPS) is 10.9. The molecule has 0 aliphatic carbocycles. The van der Waals surface area contributed by atoms with Gasteiger partial charge in [0.2, 0.25) is 0 Å². The smallest absolute Gasteiger partial charge is 0.0470 e. The van der Waals surface area contributed by atoms with Gasteiger partial charge in [0.15, 0.2) is 0 Å². The molecule has 0 atom stereocenters. The average molecular weight is 224 g/mol. The molecule has 1 aromatic carbocycles. The number of H-pyrrole nitrogens is 1. The Balaban J connectivity index is 2.88. The van der Waals surface area contributed by atoms with E-state index in [-0.39, 0.29) is 0 Å². The van der Waals surface area contributed by atoms with E-state index in [1.807, 2.05) is 0 Å². The summed E-state index contributed by atoms with van der Waals surface area (Å²) in [6, 6.07) is 6.45. The van der Waals surface area contributed by atoms with E-state index in [1.165, 1.54) is 26.6 Å². The van der Waals surface area contributed by atoms with Gasteiger partial charge in [-0.3, -0.25) is 0 Å². The van der Waals surface area contributed by atoms with Gasteiger partial charge >= 0.3 is 0 Å². The molecule has 0 saturated heterocycles. The molecule has 2 heteroatoms. The summed E-state index contributed by atoms with van der Waals surface area (Å²) < 4.78 is 1.17. The van der Waals surface area contributed by atoms with E-state index in [0.717, 1.165) is 0 Å². The topological polar surface area (TPSA) is 15.8 Å². The van der Waals surface area contributed by atoms with Crippen molar-refractivity contribution in [3.05, 3.63) is 33.9 Å². The second-order valence-electron chi connectivity index (χ2n) is 3.16. The van der Waals surface area contributed by atoms with Crippen LogP contribution < -0.4 is 0 Å². The van der Waals surface area contributed by atoms with Gasteiger partial charge in [0.1, 0.15) is 0 Å². The first-order valence-electron chi connectivity index (χ1n) is 3.92. The number of rotatable bonds is 0. The Kier molecular flexibility index (Phi) is 1.72. The first-order chi connectivity index (χ1) is 5.66. The summed E-state index contributed by atoms with van der Waals surface area (Å²) in [6.45, 7) is 4.17. The van der Waals surface area contributed by atoms with E-state index < -0.39 is 0 Å². The van der Waals surface area contributed by atoms with Gasteiger partial charge in [-0.25, -0.2) is 0 Å². The molecular weight excluding hydrogens is 214 g/mol. The number of aryl methyl sites for hydroxylation is 2. The fourth-order valence-corrected chi connectivity index (χ4v) is 2.16. The lowest BCUT2D eigenvalue weighted by atomic mass is 10.2. The minimum Gasteiger partial charge on any atom is -0.359 e. The van der Waals surface area contributed by atoms with Crippen molar-refractivity contribution >= 4 is 26.8 Å². The van der Waals surface area contributed by atoms with Gasteiger partial charge in [0.05, 0.1) is 0 Å². The van der Waals surface area contributed by atoms with E-state index in [9.17, 15) is 0 Å². The maximum atomic E-state index is 3.54. The molecule has 0 aliphatic heterocycles. The van der Waals surface area contributed by atoms with Crippen LogP contribution in [0.15, 0.2) is 22.7 Å². The van der Waals surface area contributed by atoms with Crippen LogP contribution in [0.25, 0.3) is 10.9 Å². The zero-order valence-corrected chi connectivity index (χ0v) is 8.70. The van der Waals surface area contributed by atoms with Crippen molar-refractivity contribution < 1.29 is 0 Å². The van der Waals surface area contributed by atoms with Crippen molar-refractivity contribution in [2.24, 2.45) is 0 Å². The van der Waals surface area contributed by atoms with Crippen LogP contribution in [0.2, 0.25) is 0 Å². The van der Waals surface area contributed by atoms with E-state index >= 15 is 0 Å². The number of fused-ring (bicyclic) bond motifs is 1. The Morgan fingerprint density at radius 3 is 2.67 bits per heavy atom. The van der Waals surface area contributed by atoms with Gasteiger partial charge in [-0.05, 0) is 37.6 Å². The van der Waals surface area contributed by atoms with Crippen molar-refractivity contribution in [2.45, 2.75) is 13.8 Å². The summed E-state index contributed by atoms with van der Waals surface area (Å²) >= 11 is 3.54. The molecule has 1 aromatic heterocycles. The minimum absolute atomic E-state index is 1.17. The van der Waals surface area contributed by atoms with Crippen molar-refractivity contribution in [3.8, 4) is 0 Å². The van der Waals surface area contributed by atoms with Crippen molar-refractivity contribution in [1.29, 1.82) is 0 Å². The van der Waals surface area contributed by atoms with Gasteiger partial charge in [-0.1, -0.05) is 15.9 Å². The molecule has 1 nitrogen and oxygen atoms in total. The molecule has 0 unspecified atom stereocenters. The molecule has 0 aliphatic rings. The van der Waals surface area contributed by atoms with Crippen molar-refractivity contribution in [1.82, 2.24) is 4.98 Å². The van der Waals surface area contributed by atoms with E-state index in [2.05, 4.69) is 53.0 Å². The maximum Gasteiger partial charge on any atom is 0.0470 e.